The Bertz CT molecular complexity index is 466. The zero-order chi connectivity index (χ0) is 15.2. The molecular weight excluding hydrogens is 275 g/mol. The smallest absolute Gasteiger partial charge is 0.317 e. The van der Waals surface area contributed by atoms with E-state index in [4.69, 9.17) is 4.74 Å². The molecule has 0 radical (unpaired) electrons. The lowest BCUT2D eigenvalue weighted by atomic mass is 10.1. The van der Waals surface area contributed by atoms with Crippen LogP contribution in [0.2, 0.25) is 0 Å². The van der Waals surface area contributed by atoms with Crippen molar-refractivity contribution in [1.29, 1.82) is 0 Å². The molecule has 1 aromatic carbocycles. The minimum Gasteiger partial charge on any atom is -0.394 e. The number of likely N-dealkylation sites (tertiary alicyclic amines) is 1. The first-order chi connectivity index (χ1) is 10.2. The Labute approximate surface area is 123 Å². The van der Waals surface area contributed by atoms with Crippen LogP contribution < -0.4 is 5.32 Å². The van der Waals surface area contributed by atoms with Crippen LogP contribution in [0.25, 0.3) is 0 Å². The highest BCUT2D eigenvalue weighted by atomic mass is 19.1. The number of methoxy groups -OCH3 is 1. The molecule has 1 aliphatic rings. The summed E-state index contributed by atoms with van der Waals surface area (Å²) in [6.45, 7) is 0.944. The first kappa shape index (κ1) is 15.7. The molecule has 0 spiro atoms. The highest BCUT2D eigenvalue weighted by Gasteiger charge is 2.28. The molecule has 1 fully saturated rings. The van der Waals surface area contributed by atoms with Gasteiger partial charge in [0.1, 0.15) is 5.82 Å². The van der Waals surface area contributed by atoms with E-state index in [9.17, 15) is 14.3 Å². The summed E-state index contributed by atoms with van der Waals surface area (Å²) in [6.07, 6.45) is 1.41. The normalized spacial score (nSPS) is 19.6. The molecule has 2 rings (SSSR count). The molecule has 2 atom stereocenters. The largest absolute Gasteiger partial charge is 0.394 e. The Balaban J connectivity index is 1.90. The maximum absolute atomic E-state index is 12.9. The predicted octanol–water partition coefficient (Wildman–Crippen LogP) is 1.68. The molecule has 2 N–H and O–H groups in total. The number of nitrogens with zero attached hydrogens (tertiary/aromatic N) is 1. The zero-order valence-electron chi connectivity index (χ0n) is 12.1. The van der Waals surface area contributed by atoms with Crippen molar-refractivity contribution in [3.05, 3.63) is 35.6 Å². The first-order valence-corrected chi connectivity index (χ1v) is 7.09. The highest BCUT2D eigenvalue weighted by molar-refractivity contribution is 5.74. The molecule has 1 heterocycles. The van der Waals surface area contributed by atoms with Crippen LogP contribution in [0.15, 0.2) is 24.3 Å². The van der Waals surface area contributed by atoms with Crippen molar-refractivity contribution in [3.8, 4) is 0 Å². The van der Waals surface area contributed by atoms with Crippen LogP contribution in [0, 0.1) is 5.82 Å². The van der Waals surface area contributed by atoms with Crippen LogP contribution in [0.4, 0.5) is 9.18 Å². The minimum absolute atomic E-state index is 0.0148. The molecule has 2 unspecified atom stereocenters. The van der Waals surface area contributed by atoms with Gasteiger partial charge in [-0.05, 0) is 30.5 Å². The number of ether oxygens (including phenoxy) is 1. The fraction of sp³-hybridized carbons (Fsp3) is 0.533. The van der Waals surface area contributed by atoms with Gasteiger partial charge in [-0.2, -0.15) is 0 Å². The van der Waals surface area contributed by atoms with E-state index in [2.05, 4.69) is 5.32 Å². The molecule has 5 nitrogen and oxygen atoms in total. The number of aliphatic hydroxyl groups excluding tert-OH is 1. The third-order valence-electron chi connectivity index (χ3n) is 3.81. The van der Waals surface area contributed by atoms with Gasteiger partial charge in [0, 0.05) is 20.2 Å². The van der Waals surface area contributed by atoms with Crippen LogP contribution in [0.5, 0.6) is 0 Å². The SMILES string of the molecule is COC(CNC(=O)N1CCCC1CO)c1ccc(F)cc1. The van der Waals surface area contributed by atoms with Gasteiger partial charge in [0.15, 0.2) is 0 Å². The fourth-order valence-corrected chi connectivity index (χ4v) is 2.59. The molecule has 1 saturated heterocycles. The van der Waals surface area contributed by atoms with E-state index in [0.29, 0.717) is 13.1 Å². The van der Waals surface area contributed by atoms with Crippen LogP contribution in [-0.4, -0.2) is 48.9 Å². The molecule has 21 heavy (non-hydrogen) atoms. The average molecular weight is 296 g/mol. The van der Waals surface area contributed by atoms with Gasteiger partial charge in [-0.3, -0.25) is 0 Å². The molecule has 1 aromatic rings. The van der Waals surface area contributed by atoms with Gasteiger partial charge in [-0.15, -0.1) is 0 Å². The summed E-state index contributed by atoms with van der Waals surface area (Å²) in [5, 5.41) is 12.0. The number of halogens is 1. The molecule has 1 aliphatic heterocycles. The zero-order valence-corrected chi connectivity index (χ0v) is 12.1. The van der Waals surface area contributed by atoms with Gasteiger partial charge in [-0.25, -0.2) is 9.18 Å². The van der Waals surface area contributed by atoms with Crippen LogP contribution in [0.3, 0.4) is 0 Å². The Morgan fingerprint density at radius 3 is 2.86 bits per heavy atom. The van der Waals surface area contributed by atoms with Gasteiger partial charge in [-0.1, -0.05) is 12.1 Å². The van der Waals surface area contributed by atoms with E-state index in [1.54, 1.807) is 24.1 Å². The molecule has 116 valence electrons. The summed E-state index contributed by atoms with van der Waals surface area (Å²) >= 11 is 0. The molecule has 0 aliphatic carbocycles. The van der Waals surface area contributed by atoms with Gasteiger partial charge in [0.2, 0.25) is 0 Å². The van der Waals surface area contributed by atoms with E-state index >= 15 is 0 Å². The lowest BCUT2D eigenvalue weighted by Crippen LogP contribution is -2.45. The van der Waals surface area contributed by atoms with Crippen LogP contribution in [-0.2, 0) is 4.74 Å². The molecule has 2 amide bonds. The van der Waals surface area contributed by atoms with Gasteiger partial charge >= 0.3 is 6.03 Å². The summed E-state index contributed by atoms with van der Waals surface area (Å²) in [4.78, 5) is 13.8. The van der Waals surface area contributed by atoms with Crippen molar-refractivity contribution in [3.63, 3.8) is 0 Å². The molecule has 6 heteroatoms. The van der Waals surface area contributed by atoms with Gasteiger partial charge in [0.25, 0.3) is 0 Å². The maximum atomic E-state index is 12.9. The minimum atomic E-state index is -0.329. The number of rotatable bonds is 5. The second kappa shape index (κ2) is 7.38. The number of carbonyl (C=O) groups excluding carboxylic acids is 1. The van der Waals surface area contributed by atoms with Crippen LogP contribution >= 0.6 is 0 Å². The van der Waals surface area contributed by atoms with E-state index in [0.717, 1.165) is 18.4 Å². The third kappa shape index (κ3) is 3.92. The van der Waals surface area contributed by atoms with E-state index in [-0.39, 0.29) is 30.6 Å². The summed E-state index contributed by atoms with van der Waals surface area (Å²) in [5.41, 5.74) is 0.805. The standard InChI is InChI=1S/C15H21FN2O3/c1-21-14(11-4-6-12(16)7-5-11)9-17-15(20)18-8-2-3-13(18)10-19/h4-7,13-14,19H,2-3,8-10H2,1H3,(H,17,20). The Hall–Kier alpha value is -1.66. The van der Waals surface area contributed by atoms with E-state index in [1.165, 1.54) is 12.1 Å². The predicted molar refractivity (Wildman–Crippen MR) is 76.4 cm³/mol. The quantitative estimate of drug-likeness (QED) is 0.869. The molecular formula is C15H21FN2O3. The first-order valence-electron chi connectivity index (χ1n) is 7.09. The summed E-state index contributed by atoms with van der Waals surface area (Å²) in [6, 6.07) is 5.72. The Morgan fingerprint density at radius 1 is 1.52 bits per heavy atom. The fourth-order valence-electron chi connectivity index (χ4n) is 2.59. The van der Waals surface area contributed by atoms with Gasteiger partial charge < -0.3 is 20.1 Å². The number of amides is 2. The number of nitrogens with one attached hydrogen (secondary N) is 1. The summed E-state index contributed by atoms with van der Waals surface area (Å²) in [7, 11) is 1.55. The lowest BCUT2D eigenvalue weighted by Gasteiger charge is -2.25. The Kier molecular flexibility index (Phi) is 5.52. The molecule has 0 saturated carbocycles. The highest BCUT2D eigenvalue weighted by Crippen LogP contribution is 2.18. The van der Waals surface area contributed by atoms with Crippen LogP contribution in [0.1, 0.15) is 24.5 Å². The van der Waals surface area contributed by atoms with Gasteiger partial charge in [0.05, 0.1) is 18.8 Å². The number of hydrogen-bond acceptors (Lipinski definition) is 3. The van der Waals surface area contributed by atoms with Crippen molar-refractivity contribution >= 4 is 6.03 Å². The van der Waals surface area contributed by atoms with Crippen molar-refractivity contribution in [2.24, 2.45) is 0 Å². The summed E-state index contributed by atoms with van der Waals surface area (Å²) in [5.74, 6) is -0.305. The second-order valence-electron chi connectivity index (χ2n) is 5.13. The monoisotopic (exact) mass is 296 g/mol. The van der Waals surface area contributed by atoms with Crippen molar-refractivity contribution in [2.75, 3.05) is 26.8 Å². The third-order valence-corrected chi connectivity index (χ3v) is 3.81. The second-order valence-corrected chi connectivity index (χ2v) is 5.13. The molecule has 0 aromatic heterocycles. The number of benzene rings is 1. The van der Waals surface area contributed by atoms with Crippen molar-refractivity contribution in [2.45, 2.75) is 25.0 Å². The maximum Gasteiger partial charge on any atom is 0.317 e. The van der Waals surface area contributed by atoms with Crippen molar-refractivity contribution < 1.29 is 19.0 Å². The van der Waals surface area contributed by atoms with E-state index in [1.807, 2.05) is 0 Å². The topological polar surface area (TPSA) is 61.8 Å². The number of aliphatic hydroxyl groups is 1. The van der Waals surface area contributed by atoms with E-state index < -0.39 is 0 Å². The Morgan fingerprint density at radius 2 is 2.24 bits per heavy atom. The molecule has 0 bridgehead atoms. The summed E-state index contributed by atoms with van der Waals surface area (Å²) < 4.78 is 18.3. The number of urea groups is 1. The lowest BCUT2D eigenvalue weighted by molar-refractivity contribution is 0.0993. The average Bonchev–Trinajstić information content (AvgIpc) is 2.98. The number of carbonyl (C=O) groups is 1. The van der Waals surface area contributed by atoms with Crippen molar-refractivity contribution in [1.82, 2.24) is 10.2 Å². The number of hydrogen-bond donors (Lipinski definition) is 2.